The first kappa shape index (κ1) is 18.5. The molecule has 0 amide bonds. The monoisotopic (exact) mass is 426 g/mol. The maximum Gasteiger partial charge on any atom is 0.311 e. The largest absolute Gasteiger partial charge is 0.469 e. The lowest BCUT2D eigenvalue weighted by Gasteiger charge is -2.12. The van der Waals surface area contributed by atoms with Gasteiger partial charge in [-0.05, 0) is 44.9 Å². The number of nitrogens with zero attached hydrogens (tertiary/aromatic N) is 4. The summed E-state index contributed by atoms with van der Waals surface area (Å²) in [5, 5.41) is 10.5. The maximum atomic E-state index is 12.4. The van der Waals surface area contributed by atoms with Crippen molar-refractivity contribution in [1.82, 2.24) is 14.8 Å². The van der Waals surface area contributed by atoms with E-state index in [1.807, 2.05) is 31.2 Å². The van der Waals surface area contributed by atoms with Gasteiger partial charge in [0.05, 0.1) is 18.7 Å². The normalized spacial score (nSPS) is 22.0. The van der Waals surface area contributed by atoms with E-state index in [0.717, 1.165) is 27.7 Å². The second kappa shape index (κ2) is 6.24. The van der Waals surface area contributed by atoms with E-state index >= 15 is 0 Å². The SMILES string of the molecule is COC(=O)C1CC12N=C(c1ccc(Cl)cc1)c1c(sc(C)c1C)-n1c(C)nnc12. The smallest absolute Gasteiger partial charge is 0.311 e. The van der Waals surface area contributed by atoms with Crippen LogP contribution in [0.15, 0.2) is 29.3 Å². The summed E-state index contributed by atoms with van der Waals surface area (Å²) in [4.78, 5) is 18.8. The molecule has 2 atom stereocenters. The predicted molar refractivity (Wildman–Crippen MR) is 112 cm³/mol. The van der Waals surface area contributed by atoms with Crippen molar-refractivity contribution in [1.29, 1.82) is 0 Å². The van der Waals surface area contributed by atoms with Gasteiger partial charge in [0.1, 0.15) is 16.4 Å². The Morgan fingerprint density at radius 1 is 1.24 bits per heavy atom. The Labute approximate surface area is 177 Å². The molecular formula is C21H19ClN4O2S. The lowest BCUT2D eigenvalue weighted by atomic mass is 9.99. The molecule has 1 saturated carbocycles. The van der Waals surface area contributed by atoms with Gasteiger partial charge in [0, 0.05) is 21.0 Å². The molecule has 3 aromatic rings. The molecule has 0 radical (unpaired) electrons. The molecule has 1 aliphatic heterocycles. The first-order valence-electron chi connectivity index (χ1n) is 9.34. The van der Waals surface area contributed by atoms with E-state index in [1.54, 1.807) is 11.3 Å². The van der Waals surface area contributed by atoms with Crippen LogP contribution < -0.4 is 0 Å². The highest BCUT2D eigenvalue weighted by molar-refractivity contribution is 7.15. The van der Waals surface area contributed by atoms with Crippen LogP contribution in [0.25, 0.3) is 5.00 Å². The highest BCUT2D eigenvalue weighted by Gasteiger charge is 2.65. The molecule has 148 valence electrons. The summed E-state index contributed by atoms with van der Waals surface area (Å²) in [6, 6.07) is 7.67. The minimum atomic E-state index is -0.762. The summed E-state index contributed by atoms with van der Waals surface area (Å²) in [7, 11) is 1.41. The first-order valence-corrected chi connectivity index (χ1v) is 10.5. The first-order chi connectivity index (χ1) is 13.9. The number of aliphatic imine (C=N–C) groups is 1. The molecule has 29 heavy (non-hydrogen) atoms. The van der Waals surface area contributed by atoms with Gasteiger partial charge in [0.25, 0.3) is 0 Å². The number of halogens is 1. The van der Waals surface area contributed by atoms with Crippen molar-refractivity contribution in [3.05, 3.63) is 62.5 Å². The van der Waals surface area contributed by atoms with Gasteiger partial charge in [0.2, 0.25) is 0 Å². The highest BCUT2D eigenvalue weighted by atomic mass is 35.5. The lowest BCUT2D eigenvalue weighted by molar-refractivity contribution is -0.142. The standard InChI is InChI=1S/C21H19ClN4O2S/c1-10-11(2)29-18-16(10)17(13-5-7-14(22)8-6-13)23-21(9-15(21)19(27)28-4)20-25-24-12(3)26(18)20/h5-8,15H,9H2,1-4H3. The van der Waals surface area contributed by atoms with E-state index in [4.69, 9.17) is 21.3 Å². The fraction of sp³-hybridized carbons (Fsp3) is 0.333. The molecule has 1 aliphatic carbocycles. The Kier molecular flexibility index (Phi) is 3.98. The average Bonchev–Trinajstić information content (AvgIpc) is 3.23. The van der Waals surface area contributed by atoms with E-state index in [0.29, 0.717) is 17.3 Å². The Morgan fingerprint density at radius 3 is 2.66 bits per heavy atom. The number of esters is 1. The van der Waals surface area contributed by atoms with Crippen LogP contribution >= 0.6 is 22.9 Å². The molecule has 0 bridgehead atoms. The molecule has 2 unspecified atom stereocenters. The molecule has 2 aromatic heterocycles. The van der Waals surface area contributed by atoms with Crippen LogP contribution in [0.1, 0.15) is 39.6 Å². The van der Waals surface area contributed by atoms with Crippen LogP contribution in [-0.4, -0.2) is 33.6 Å². The number of fused-ring (bicyclic) bond motifs is 4. The third-order valence-corrected chi connectivity index (χ3v) is 7.31. The molecule has 2 aliphatic rings. The van der Waals surface area contributed by atoms with Crippen LogP contribution in [0.4, 0.5) is 0 Å². The van der Waals surface area contributed by atoms with Gasteiger partial charge in [-0.1, -0.05) is 23.7 Å². The number of benzene rings is 1. The van der Waals surface area contributed by atoms with Gasteiger partial charge >= 0.3 is 5.97 Å². The number of thiophene rings is 1. The Balaban J connectivity index is 1.84. The van der Waals surface area contributed by atoms with Crippen LogP contribution in [0, 0.1) is 26.7 Å². The molecule has 3 heterocycles. The molecule has 1 fully saturated rings. The predicted octanol–water partition coefficient (Wildman–Crippen LogP) is 4.15. The van der Waals surface area contributed by atoms with Gasteiger partial charge in [-0.25, -0.2) is 0 Å². The second-order valence-corrected chi connectivity index (χ2v) is 9.18. The number of rotatable bonds is 2. The summed E-state index contributed by atoms with van der Waals surface area (Å²) >= 11 is 7.82. The molecule has 1 aromatic carbocycles. The van der Waals surface area contributed by atoms with Crippen LogP contribution in [0.2, 0.25) is 5.02 Å². The van der Waals surface area contributed by atoms with Gasteiger partial charge < -0.3 is 4.74 Å². The topological polar surface area (TPSA) is 69.4 Å². The number of carbonyl (C=O) groups is 1. The van der Waals surface area contributed by atoms with Crippen molar-refractivity contribution >= 4 is 34.6 Å². The number of hydrogen-bond acceptors (Lipinski definition) is 6. The summed E-state index contributed by atoms with van der Waals surface area (Å²) in [6.45, 7) is 6.15. The van der Waals surface area contributed by atoms with E-state index < -0.39 is 5.54 Å². The molecule has 5 rings (SSSR count). The van der Waals surface area contributed by atoms with Crippen molar-refractivity contribution in [2.75, 3.05) is 7.11 Å². The van der Waals surface area contributed by atoms with Crippen LogP contribution in [0.5, 0.6) is 0 Å². The molecule has 1 spiro atoms. The zero-order valence-electron chi connectivity index (χ0n) is 16.5. The van der Waals surface area contributed by atoms with E-state index in [1.165, 1.54) is 17.6 Å². The highest BCUT2D eigenvalue weighted by Crippen LogP contribution is 2.58. The van der Waals surface area contributed by atoms with E-state index in [-0.39, 0.29) is 11.9 Å². The van der Waals surface area contributed by atoms with Gasteiger partial charge in [0.15, 0.2) is 5.82 Å². The number of ether oxygens (including phenoxy) is 1. The third kappa shape index (κ3) is 2.53. The lowest BCUT2D eigenvalue weighted by Crippen LogP contribution is -2.19. The summed E-state index contributed by atoms with van der Waals surface area (Å²) in [5.74, 6) is 0.851. The van der Waals surface area contributed by atoms with Crippen LogP contribution in [-0.2, 0) is 15.1 Å². The number of aryl methyl sites for hydroxylation is 2. The van der Waals surface area contributed by atoms with Gasteiger partial charge in [-0.3, -0.25) is 14.4 Å². The second-order valence-electron chi connectivity index (χ2n) is 7.54. The number of hydrogen-bond donors (Lipinski definition) is 0. The Bertz CT molecular complexity index is 1190. The molecule has 0 saturated heterocycles. The summed E-state index contributed by atoms with van der Waals surface area (Å²) < 4.78 is 7.11. The molecule has 6 nitrogen and oxygen atoms in total. The minimum Gasteiger partial charge on any atom is -0.469 e. The number of methoxy groups -OCH3 is 1. The summed E-state index contributed by atoms with van der Waals surface area (Å²) in [5.41, 5.74) is 3.29. The number of carbonyl (C=O) groups excluding carboxylic acids is 1. The van der Waals surface area contributed by atoms with Crippen LogP contribution in [0.3, 0.4) is 0 Å². The quantitative estimate of drug-likeness (QED) is 0.577. The van der Waals surface area contributed by atoms with E-state index in [9.17, 15) is 4.79 Å². The average molecular weight is 427 g/mol. The minimum absolute atomic E-state index is 0.269. The fourth-order valence-electron chi connectivity index (χ4n) is 4.10. The van der Waals surface area contributed by atoms with Gasteiger partial charge in [-0.15, -0.1) is 21.5 Å². The Hall–Kier alpha value is -2.51. The molecular weight excluding hydrogens is 408 g/mol. The van der Waals surface area contributed by atoms with Crippen molar-refractivity contribution in [3.63, 3.8) is 0 Å². The molecule has 0 N–H and O–H groups in total. The third-order valence-electron chi connectivity index (χ3n) is 5.87. The maximum absolute atomic E-state index is 12.4. The number of aromatic nitrogens is 3. The van der Waals surface area contributed by atoms with Crippen molar-refractivity contribution in [2.45, 2.75) is 32.7 Å². The fourth-order valence-corrected chi connectivity index (χ4v) is 5.43. The summed E-state index contributed by atoms with van der Waals surface area (Å²) in [6.07, 6.45) is 0.557. The van der Waals surface area contributed by atoms with Crippen molar-refractivity contribution < 1.29 is 9.53 Å². The van der Waals surface area contributed by atoms with E-state index in [2.05, 4.69) is 28.6 Å². The Morgan fingerprint density at radius 2 is 1.97 bits per heavy atom. The zero-order valence-corrected chi connectivity index (χ0v) is 18.1. The zero-order chi connectivity index (χ0) is 20.5. The molecule has 8 heteroatoms. The van der Waals surface area contributed by atoms with Crippen molar-refractivity contribution in [2.24, 2.45) is 10.9 Å². The van der Waals surface area contributed by atoms with Gasteiger partial charge in [-0.2, -0.15) is 0 Å². The van der Waals surface area contributed by atoms with Crippen molar-refractivity contribution in [3.8, 4) is 5.00 Å².